The van der Waals surface area contributed by atoms with E-state index >= 15 is 0 Å². The molecule has 1 aromatic heterocycles. The standard InChI is InChI=1S/C17H22N2O2/c1-13-11-18-16(21-13)12-19-9-7-15(8-10-19)17(20)14-5-3-2-4-6-14/h2-6,11,15,17,20H,7-10,12H2,1H3. The van der Waals surface area contributed by atoms with Gasteiger partial charge in [-0.25, -0.2) is 4.98 Å². The molecule has 1 atom stereocenters. The molecule has 1 unspecified atom stereocenters. The van der Waals surface area contributed by atoms with Gasteiger partial charge in [-0.1, -0.05) is 30.3 Å². The Hall–Kier alpha value is -1.65. The molecule has 1 aliphatic rings. The zero-order valence-electron chi connectivity index (χ0n) is 12.4. The van der Waals surface area contributed by atoms with E-state index in [1.165, 1.54) is 0 Å². The van der Waals surface area contributed by atoms with E-state index in [1.54, 1.807) is 6.20 Å². The SMILES string of the molecule is Cc1cnc(CN2CCC(C(O)c3ccccc3)CC2)o1. The quantitative estimate of drug-likeness (QED) is 0.939. The second-order valence-electron chi connectivity index (χ2n) is 5.83. The van der Waals surface area contributed by atoms with Crippen LogP contribution in [-0.2, 0) is 6.54 Å². The number of hydrogen-bond donors (Lipinski definition) is 1. The molecule has 1 aliphatic heterocycles. The molecule has 0 radical (unpaired) electrons. The van der Waals surface area contributed by atoms with Crippen LogP contribution < -0.4 is 0 Å². The topological polar surface area (TPSA) is 49.5 Å². The molecule has 4 nitrogen and oxygen atoms in total. The van der Waals surface area contributed by atoms with Gasteiger partial charge >= 0.3 is 0 Å². The second kappa shape index (κ2) is 6.41. The van der Waals surface area contributed by atoms with E-state index in [9.17, 15) is 5.11 Å². The Morgan fingerprint density at radius 2 is 2.00 bits per heavy atom. The van der Waals surface area contributed by atoms with Gasteiger partial charge in [0.25, 0.3) is 0 Å². The summed E-state index contributed by atoms with van der Waals surface area (Å²) in [5.41, 5.74) is 1.03. The smallest absolute Gasteiger partial charge is 0.208 e. The van der Waals surface area contributed by atoms with Crippen LogP contribution in [0.3, 0.4) is 0 Å². The van der Waals surface area contributed by atoms with Gasteiger partial charge in [0.05, 0.1) is 18.8 Å². The van der Waals surface area contributed by atoms with Crippen LogP contribution in [0.4, 0.5) is 0 Å². The zero-order valence-corrected chi connectivity index (χ0v) is 12.4. The van der Waals surface area contributed by atoms with Gasteiger partial charge in [0.15, 0.2) is 0 Å². The molecule has 1 N–H and O–H groups in total. The molecule has 1 saturated heterocycles. The maximum atomic E-state index is 10.5. The molecule has 1 fully saturated rings. The lowest BCUT2D eigenvalue weighted by atomic mass is 9.87. The van der Waals surface area contributed by atoms with E-state index in [4.69, 9.17) is 4.42 Å². The van der Waals surface area contributed by atoms with Gasteiger partial charge in [0, 0.05) is 0 Å². The first-order chi connectivity index (χ1) is 10.2. The molecule has 0 saturated carbocycles. The maximum absolute atomic E-state index is 10.5. The number of likely N-dealkylation sites (tertiary alicyclic amines) is 1. The molecule has 21 heavy (non-hydrogen) atoms. The van der Waals surface area contributed by atoms with Crippen LogP contribution in [0.15, 0.2) is 40.9 Å². The fraction of sp³-hybridized carbons (Fsp3) is 0.471. The van der Waals surface area contributed by atoms with Gasteiger partial charge in [0.2, 0.25) is 5.89 Å². The first kappa shape index (κ1) is 14.3. The van der Waals surface area contributed by atoms with Crippen LogP contribution in [0.5, 0.6) is 0 Å². The summed E-state index contributed by atoms with van der Waals surface area (Å²) in [6.07, 6.45) is 3.43. The molecule has 0 aliphatic carbocycles. The number of oxazole rings is 1. The lowest BCUT2D eigenvalue weighted by Gasteiger charge is -2.33. The van der Waals surface area contributed by atoms with Crippen molar-refractivity contribution in [2.75, 3.05) is 13.1 Å². The van der Waals surface area contributed by atoms with Crippen molar-refractivity contribution in [3.8, 4) is 0 Å². The highest BCUT2D eigenvalue weighted by Crippen LogP contribution is 2.30. The highest BCUT2D eigenvalue weighted by Gasteiger charge is 2.26. The summed E-state index contributed by atoms with van der Waals surface area (Å²) in [7, 11) is 0. The van der Waals surface area contributed by atoms with E-state index < -0.39 is 0 Å². The van der Waals surface area contributed by atoms with Crippen molar-refractivity contribution in [1.29, 1.82) is 0 Å². The number of nitrogens with zero attached hydrogens (tertiary/aromatic N) is 2. The summed E-state index contributed by atoms with van der Waals surface area (Å²) in [4.78, 5) is 6.60. The average Bonchev–Trinajstić information content (AvgIpc) is 2.93. The normalized spacial score (nSPS) is 18.8. The summed E-state index contributed by atoms with van der Waals surface area (Å²) in [6.45, 7) is 4.65. The molecule has 3 rings (SSSR count). The Balaban J connectivity index is 1.53. The first-order valence-corrected chi connectivity index (χ1v) is 7.59. The number of hydrogen-bond acceptors (Lipinski definition) is 4. The fourth-order valence-electron chi connectivity index (χ4n) is 3.01. The zero-order chi connectivity index (χ0) is 14.7. The third-order valence-electron chi connectivity index (χ3n) is 4.25. The predicted octanol–water partition coefficient (Wildman–Crippen LogP) is 2.93. The largest absolute Gasteiger partial charge is 0.445 e. The molecular formula is C17H22N2O2. The average molecular weight is 286 g/mol. The summed E-state index contributed by atoms with van der Waals surface area (Å²) < 4.78 is 5.53. The van der Waals surface area contributed by atoms with E-state index in [0.717, 1.165) is 49.7 Å². The molecule has 2 heterocycles. The lowest BCUT2D eigenvalue weighted by Crippen LogP contribution is -2.35. The minimum Gasteiger partial charge on any atom is -0.445 e. The van der Waals surface area contributed by atoms with Crippen LogP contribution in [0.1, 0.15) is 36.2 Å². The Morgan fingerprint density at radius 1 is 1.29 bits per heavy atom. The molecule has 2 aromatic rings. The Kier molecular flexibility index (Phi) is 4.36. The van der Waals surface area contributed by atoms with Crippen molar-refractivity contribution in [2.24, 2.45) is 5.92 Å². The maximum Gasteiger partial charge on any atom is 0.208 e. The van der Waals surface area contributed by atoms with Crippen molar-refractivity contribution in [3.05, 3.63) is 53.7 Å². The summed E-state index contributed by atoms with van der Waals surface area (Å²) >= 11 is 0. The van der Waals surface area contributed by atoms with E-state index in [1.807, 2.05) is 37.3 Å². The lowest BCUT2D eigenvalue weighted by molar-refractivity contribution is 0.0543. The molecule has 0 amide bonds. The third-order valence-corrected chi connectivity index (χ3v) is 4.25. The summed E-state index contributed by atoms with van der Waals surface area (Å²) in [5.74, 6) is 1.99. The number of aromatic nitrogens is 1. The number of rotatable bonds is 4. The van der Waals surface area contributed by atoms with Gasteiger partial charge in [-0.15, -0.1) is 0 Å². The van der Waals surface area contributed by atoms with Crippen molar-refractivity contribution in [2.45, 2.75) is 32.4 Å². The van der Waals surface area contributed by atoms with Gasteiger partial charge in [-0.05, 0) is 44.3 Å². The van der Waals surface area contributed by atoms with Gasteiger partial charge < -0.3 is 9.52 Å². The highest BCUT2D eigenvalue weighted by atomic mass is 16.4. The number of benzene rings is 1. The minimum absolute atomic E-state index is 0.343. The monoisotopic (exact) mass is 286 g/mol. The molecule has 0 bridgehead atoms. The second-order valence-corrected chi connectivity index (χ2v) is 5.83. The van der Waals surface area contributed by atoms with Gasteiger partial charge in [-0.2, -0.15) is 0 Å². The van der Waals surface area contributed by atoms with Gasteiger partial charge in [-0.3, -0.25) is 4.90 Å². The van der Waals surface area contributed by atoms with Gasteiger partial charge in [0.1, 0.15) is 5.76 Å². The van der Waals surface area contributed by atoms with E-state index in [-0.39, 0.29) is 6.10 Å². The number of aryl methyl sites for hydroxylation is 1. The minimum atomic E-state index is -0.350. The van der Waals surface area contributed by atoms with E-state index in [2.05, 4.69) is 9.88 Å². The van der Waals surface area contributed by atoms with Crippen LogP contribution in [0.2, 0.25) is 0 Å². The number of aliphatic hydroxyl groups excluding tert-OH is 1. The highest BCUT2D eigenvalue weighted by molar-refractivity contribution is 5.18. The molecule has 1 aromatic carbocycles. The summed E-state index contributed by atoms with van der Waals surface area (Å²) in [5, 5.41) is 10.5. The molecule has 0 spiro atoms. The van der Waals surface area contributed by atoms with Crippen LogP contribution >= 0.6 is 0 Å². The Bertz CT molecular complexity index is 559. The molecule has 112 valence electrons. The Morgan fingerprint density at radius 3 is 2.62 bits per heavy atom. The number of piperidine rings is 1. The van der Waals surface area contributed by atoms with Crippen molar-refractivity contribution in [3.63, 3.8) is 0 Å². The van der Waals surface area contributed by atoms with Crippen LogP contribution in [-0.4, -0.2) is 28.1 Å². The predicted molar refractivity (Wildman–Crippen MR) is 80.6 cm³/mol. The number of aliphatic hydroxyl groups is 1. The van der Waals surface area contributed by atoms with Crippen molar-refractivity contribution in [1.82, 2.24) is 9.88 Å². The van der Waals surface area contributed by atoms with E-state index in [0.29, 0.717) is 5.92 Å². The van der Waals surface area contributed by atoms with Crippen molar-refractivity contribution >= 4 is 0 Å². The molecular weight excluding hydrogens is 264 g/mol. The van der Waals surface area contributed by atoms with Crippen LogP contribution in [0, 0.1) is 12.8 Å². The molecule has 4 heteroatoms. The Labute approximate surface area is 125 Å². The van der Waals surface area contributed by atoms with Crippen LogP contribution in [0.25, 0.3) is 0 Å². The summed E-state index contributed by atoms with van der Waals surface area (Å²) in [6, 6.07) is 9.97. The van der Waals surface area contributed by atoms with Crippen molar-refractivity contribution < 1.29 is 9.52 Å². The fourth-order valence-corrected chi connectivity index (χ4v) is 3.01. The third kappa shape index (κ3) is 3.52. The first-order valence-electron chi connectivity index (χ1n) is 7.59.